The highest BCUT2D eigenvalue weighted by Gasteiger charge is 2.29. The first kappa shape index (κ1) is 37.7. The van der Waals surface area contributed by atoms with Gasteiger partial charge in [-0.2, -0.15) is 0 Å². The minimum Gasteiger partial charge on any atom is -0.507 e. The molecule has 256 valence electrons. The van der Waals surface area contributed by atoms with Crippen LogP contribution >= 0.6 is 0 Å². The second-order valence-electron chi connectivity index (χ2n) is 17.0. The van der Waals surface area contributed by atoms with Gasteiger partial charge in [0.25, 0.3) is 0 Å². The van der Waals surface area contributed by atoms with Crippen LogP contribution in [0.5, 0.6) is 11.5 Å². The number of phenolic OH excluding ortho intramolecular Hbond substituents is 2. The maximum atomic E-state index is 13.5. The van der Waals surface area contributed by atoms with Crippen molar-refractivity contribution in [3.8, 4) is 11.5 Å². The van der Waals surface area contributed by atoms with E-state index >= 15 is 0 Å². The Morgan fingerprint density at radius 1 is 0.596 bits per heavy atom. The summed E-state index contributed by atoms with van der Waals surface area (Å²) in [7, 11) is 0. The number of carboxylic acid groups (broad SMARTS) is 1. The topological polar surface area (TPSA) is 104 Å². The van der Waals surface area contributed by atoms with Crippen molar-refractivity contribution < 1.29 is 29.6 Å². The minimum absolute atomic E-state index is 0.0225. The molecule has 0 spiro atoms. The summed E-state index contributed by atoms with van der Waals surface area (Å²) in [5.41, 5.74) is 4.39. The van der Waals surface area contributed by atoms with E-state index in [-0.39, 0.29) is 32.8 Å². The van der Waals surface area contributed by atoms with Gasteiger partial charge in [0.05, 0.1) is 11.1 Å². The molecule has 6 heteroatoms. The fraction of sp³-hybridized carbons (Fsp3) is 0.512. The van der Waals surface area contributed by atoms with Gasteiger partial charge in [-0.15, -0.1) is 0 Å². The summed E-state index contributed by atoms with van der Waals surface area (Å²) in [5.74, 6) is -1.21. The van der Waals surface area contributed by atoms with E-state index in [1.807, 2.05) is 24.3 Å². The van der Waals surface area contributed by atoms with Gasteiger partial charge < -0.3 is 20.1 Å². The van der Waals surface area contributed by atoms with Gasteiger partial charge in [0, 0.05) is 0 Å². The first-order valence-electron chi connectivity index (χ1n) is 16.7. The molecule has 0 aliphatic carbocycles. The number of aromatic carboxylic acids is 1. The van der Waals surface area contributed by atoms with Gasteiger partial charge in [0.1, 0.15) is 17.6 Å². The second kappa shape index (κ2) is 13.7. The van der Waals surface area contributed by atoms with Crippen molar-refractivity contribution in [1.82, 2.24) is 0 Å². The van der Waals surface area contributed by atoms with Crippen LogP contribution in [0, 0.1) is 0 Å². The van der Waals surface area contributed by atoms with E-state index in [1.165, 1.54) is 12.1 Å². The largest absolute Gasteiger partial charge is 0.507 e. The molecule has 3 aromatic rings. The maximum absolute atomic E-state index is 13.5. The van der Waals surface area contributed by atoms with Crippen LogP contribution in [0.25, 0.3) is 0 Å². The van der Waals surface area contributed by atoms with Crippen molar-refractivity contribution >= 4 is 11.9 Å². The lowest BCUT2D eigenvalue weighted by atomic mass is 9.77. The van der Waals surface area contributed by atoms with Crippen molar-refractivity contribution in [2.75, 3.05) is 0 Å². The minimum atomic E-state index is -1.18. The molecule has 0 fully saturated rings. The van der Waals surface area contributed by atoms with Gasteiger partial charge in [-0.05, 0) is 92.9 Å². The molecule has 0 saturated carbocycles. The zero-order valence-electron chi connectivity index (χ0n) is 30.6. The number of carbonyl (C=O) groups is 2. The van der Waals surface area contributed by atoms with E-state index in [0.29, 0.717) is 37.2 Å². The van der Waals surface area contributed by atoms with Crippen molar-refractivity contribution in [2.45, 2.75) is 137 Å². The Labute approximate surface area is 282 Å². The molecule has 0 atom stereocenters. The van der Waals surface area contributed by atoms with Crippen molar-refractivity contribution in [2.24, 2.45) is 0 Å². The lowest BCUT2D eigenvalue weighted by molar-refractivity contribution is 0.0258. The number of hydrogen-bond donors (Lipinski definition) is 3. The number of aryl methyl sites for hydroxylation is 2. The quantitative estimate of drug-likeness (QED) is 0.200. The van der Waals surface area contributed by atoms with Crippen LogP contribution in [0.3, 0.4) is 0 Å². The first-order chi connectivity index (χ1) is 21.4. The molecule has 6 nitrogen and oxygen atoms in total. The smallest absolute Gasteiger partial charge is 0.339 e. The Morgan fingerprint density at radius 3 is 1.21 bits per heavy atom. The van der Waals surface area contributed by atoms with E-state index in [0.717, 1.165) is 33.4 Å². The molecule has 0 radical (unpaired) electrons. The molecule has 3 N–H and O–H groups in total. The molecule has 0 aromatic heterocycles. The molecule has 0 bridgehead atoms. The van der Waals surface area contributed by atoms with E-state index < -0.39 is 18.0 Å². The third kappa shape index (κ3) is 9.39. The normalized spacial score (nSPS) is 12.8. The second-order valence-corrected chi connectivity index (χ2v) is 17.0. The van der Waals surface area contributed by atoms with Crippen LogP contribution in [-0.2, 0) is 39.2 Å². The Bertz CT molecular complexity index is 1450. The summed E-state index contributed by atoms with van der Waals surface area (Å²) in [5, 5.41) is 32.2. The van der Waals surface area contributed by atoms with Gasteiger partial charge in [0.15, 0.2) is 0 Å². The number of carbonyl (C=O) groups excluding carboxylic acids is 1. The zero-order valence-corrected chi connectivity index (χ0v) is 30.6. The van der Waals surface area contributed by atoms with Crippen LogP contribution in [0.15, 0.2) is 48.5 Å². The Kier molecular flexibility index (Phi) is 11.0. The molecule has 0 aliphatic heterocycles. The molecule has 0 heterocycles. The van der Waals surface area contributed by atoms with Crippen LogP contribution < -0.4 is 0 Å². The monoisotopic (exact) mass is 644 g/mol. The summed E-state index contributed by atoms with van der Waals surface area (Å²) in [6, 6.07) is 14.3. The lowest BCUT2D eigenvalue weighted by Gasteiger charge is -2.29. The van der Waals surface area contributed by atoms with E-state index in [1.54, 1.807) is 12.1 Å². The average molecular weight is 645 g/mol. The number of carboxylic acids is 1. The van der Waals surface area contributed by atoms with E-state index in [4.69, 9.17) is 4.74 Å². The third-order valence-electron chi connectivity index (χ3n) is 8.73. The molecule has 0 aliphatic rings. The molecular weight excluding hydrogens is 588 g/mol. The van der Waals surface area contributed by atoms with Crippen LogP contribution in [-0.4, -0.2) is 33.4 Å². The van der Waals surface area contributed by atoms with Gasteiger partial charge >= 0.3 is 11.9 Å². The molecule has 0 amide bonds. The van der Waals surface area contributed by atoms with Gasteiger partial charge in [0.2, 0.25) is 0 Å². The summed E-state index contributed by atoms with van der Waals surface area (Å²) in [6.45, 7) is 25.0. The van der Waals surface area contributed by atoms with Gasteiger partial charge in [-0.3, -0.25) is 0 Å². The van der Waals surface area contributed by atoms with Crippen LogP contribution in [0.1, 0.15) is 150 Å². The highest BCUT2D eigenvalue weighted by molar-refractivity contribution is 6.02. The number of benzene rings is 3. The van der Waals surface area contributed by atoms with Crippen molar-refractivity contribution in [1.29, 1.82) is 0 Å². The SMILES string of the molecule is CC(C)(C)c1cc(CCC(CCc2cc(C(C)(C)C)c(O)c(C(C)(C)C)c2)OC(=O)c2ccccc2C(=O)O)cc(C(C)(C)C)c1O. The van der Waals surface area contributed by atoms with Crippen molar-refractivity contribution in [3.63, 3.8) is 0 Å². The van der Waals surface area contributed by atoms with E-state index in [2.05, 4.69) is 83.1 Å². The number of phenols is 2. The van der Waals surface area contributed by atoms with Gasteiger partial charge in [-0.25, -0.2) is 9.59 Å². The number of hydrogen-bond acceptors (Lipinski definition) is 5. The Hall–Kier alpha value is -3.80. The number of ether oxygens (including phenoxy) is 1. The highest BCUT2D eigenvalue weighted by atomic mass is 16.5. The Morgan fingerprint density at radius 2 is 0.915 bits per heavy atom. The molecule has 47 heavy (non-hydrogen) atoms. The molecule has 3 rings (SSSR count). The Balaban J connectivity index is 2.03. The predicted molar refractivity (Wildman–Crippen MR) is 190 cm³/mol. The summed E-state index contributed by atoms with van der Waals surface area (Å²) in [4.78, 5) is 25.4. The molecular formula is C41H56O6. The van der Waals surface area contributed by atoms with Crippen LogP contribution in [0.2, 0.25) is 0 Å². The number of aromatic hydroxyl groups is 2. The number of rotatable bonds is 9. The standard InChI is InChI=1S/C41H56O6/c1-38(2,3)30-21-25(22-31(34(30)42)39(4,5)6)17-19-27(47-37(46)29-16-14-13-15-28(29)36(44)45)20-18-26-23-32(40(7,8)9)35(43)33(24-26)41(10,11)12/h13-16,21-24,27,42-43H,17-20H2,1-12H3,(H,44,45). The predicted octanol–water partition coefficient (Wildman–Crippen LogP) is 9.78. The highest BCUT2D eigenvalue weighted by Crippen LogP contribution is 2.41. The average Bonchev–Trinajstić information content (AvgIpc) is 2.92. The summed E-state index contributed by atoms with van der Waals surface area (Å²) in [6.07, 6.45) is 1.70. The molecule has 3 aromatic carbocycles. The first-order valence-corrected chi connectivity index (χ1v) is 16.7. The van der Waals surface area contributed by atoms with E-state index in [9.17, 15) is 24.9 Å². The summed E-state index contributed by atoms with van der Waals surface area (Å²) < 4.78 is 6.11. The maximum Gasteiger partial charge on any atom is 0.339 e. The third-order valence-corrected chi connectivity index (χ3v) is 8.73. The van der Waals surface area contributed by atoms with Gasteiger partial charge in [-0.1, -0.05) is 119 Å². The zero-order chi connectivity index (χ0) is 35.7. The summed E-state index contributed by atoms with van der Waals surface area (Å²) >= 11 is 0. The fourth-order valence-electron chi connectivity index (χ4n) is 5.94. The van der Waals surface area contributed by atoms with Crippen molar-refractivity contribution in [3.05, 3.63) is 93.0 Å². The molecule has 0 unspecified atom stereocenters. The number of esters is 1. The molecule has 0 saturated heterocycles. The van der Waals surface area contributed by atoms with Crippen LogP contribution in [0.4, 0.5) is 0 Å². The lowest BCUT2D eigenvalue weighted by Crippen LogP contribution is -2.23. The fourth-order valence-corrected chi connectivity index (χ4v) is 5.94.